The summed E-state index contributed by atoms with van der Waals surface area (Å²) in [6.45, 7) is 5.15. The van der Waals surface area contributed by atoms with E-state index in [9.17, 15) is 0 Å². The number of hydrogen-bond donors (Lipinski definition) is 1. The molecule has 0 saturated heterocycles. The quantitative estimate of drug-likeness (QED) is 0.887. The molecule has 18 heavy (non-hydrogen) atoms. The molecule has 1 aliphatic carbocycles. The first kappa shape index (κ1) is 13.4. The number of aryl methyl sites for hydroxylation is 2. The summed E-state index contributed by atoms with van der Waals surface area (Å²) in [7, 11) is 1.73. The smallest absolute Gasteiger partial charge is 0.119 e. The van der Waals surface area contributed by atoms with Crippen molar-refractivity contribution in [2.75, 3.05) is 13.7 Å². The van der Waals surface area contributed by atoms with Gasteiger partial charge in [0.1, 0.15) is 5.75 Å². The van der Waals surface area contributed by atoms with Crippen LogP contribution in [0.1, 0.15) is 48.8 Å². The highest BCUT2D eigenvalue weighted by atomic mass is 16.5. The van der Waals surface area contributed by atoms with Gasteiger partial charge < -0.3 is 10.5 Å². The Balaban J connectivity index is 2.48. The largest absolute Gasteiger partial charge is 0.497 e. The Kier molecular flexibility index (Phi) is 3.96. The van der Waals surface area contributed by atoms with E-state index in [0.717, 1.165) is 12.3 Å². The lowest BCUT2D eigenvalue weighted by Crippen LogP contribution is -2.38. The van der Waals surface area contributed by atoms with Gasteiger partial charge in [0.2, 0.25) is 0 Å². The second kappa shape index (κ2) is 5.31. The molecule has 1 aromatic carbocycles. The fraction of sp³-hybridized carbons (Fsp3) is 0.625. The second-order valence-electron chi connectivity index (χ2n) is 5.68. The van der Waals surface area contributed by atoms with Gasteiger partial charge in [-0.1, -0.05) is 19.3 Å². The van der Waals surface area contributed by atoms with Crippen LogP contribution >= 0.6 is 0 Å². The summed E-state index contributed by atoms with van der Waals surface area (Å²) >= 11 is 0. The summed E-state index contributed by atoms with van der Waals surface area (Å²) in [4.78, 5) is 0. The van der Waals surface area contributed by atoms with Gasteiger partial charge >= 0.3 is 0 Å². The lowest BCUT2D eigenvalue weighted by Gasteiger charge is -2.39. The van der Waals surface area contributed by atoms with E-state index in [1.807, 2.05) is 0 Å². The van der Waals surface area contributed by atoms with Gasteiger partial charge in [0.25, 0.3) is 0 Å². The van der Waals surface area contributed by atoms with Gasteiger partial charge in [-0.15, -0.1) is 0 Å². The molecule has 1 aromatic rings. The van der Waals surface area contributed by atoms with E-state index in [2.05, 4.69) is 26.0 Å². The molecule has 0 aliphatic heterocycles. The molecule has 2 rings (SSSR count). The molecule has 2 nitrogen and oxygen atoms in total. The van der Waals surface area contributed by atoms with Gasteiger partial charge in [-0.3, -0.25) is 0 Å². The lowest BCUT2D eigenvalue weighted by molar-refractivity contribution is 0.298. The van der Waals surface area contributed by atoms with Gasteiger partial charge in [0.15, 0.2) is 0 Å². The summed E-state index contributed by atoms with van der Waals surface area (Å²) in [5.41, 5.74) is 10.5. The van der Waals surface area contributed by atoms with Gasteiger partial charge in [0.05, 0.1) is 7.11 Å². The summed E-state index contributed by atoms with van der Waals surface area (Å²) in [5.74, 6) is 0.955. The van der Waals surface area contributed by atoms with Gasteiger partial charge in [0, 0.05) is 12.0 Å². The Labute approximate surface area is 111 Å². The Morgan fingerprint density at radius 2 is 1.67 bits per heavy atom. The zero-order chi connectivity index (χ0) is 13.2. The Morgan fingerprint density at radius 3 is 2.11 bits per heavy atom. The third kappa shape index (κ3) is 2.26. The van der Waals surface area contributed by atoms with Crippen molar-refractivity contribution >= 4 is 0 Å². The minimum Gasteiger partial charge on any atom is -0.497 e. The van der Waals surface area contributed by atoms with E-state index in [4.69, 9.17) is 10.5 Å². The summed E-state index contributed by atoms with van der Waals surface area (Å²) in [6, 6.07) is 4.29. The number of benzene rings is 1. The topological polar surface area (TPSA) is 35.2 Å². The maximum Gasteiger partial charge on any atom is 0.119 e. The fourth-order valence-corrected chi connectivity index (χ4v) is 3.66. The zero-order valence-electron chi connectivity index (χ0n) is 11.9. The number of rotatable bonds is 3. The first-order valence-corrected chi connectivity index (χ1v) is 6.99. The van der Waals surface area contributed by atoms with E-state index in [0.29, 0.717) is 0 Å². The van der Waals surface area contributed by atoms with Gasteiger partial charge in [-0.25, -0.2) is 0 Å². The standard InChI is InChI=1S/C16H25NO/c1-12-9-14(18-3)10-13(2)15(12)16(11-17)7-5-4-6-8-16/h9-10H,4-8,11,17H2,1-3H3. The summed E-state index contributed by atoms with van der Waals surface area (Å²) in [6.07, 6.45) is 6.44. The van der Waals surface area contributed by atoms with Crippen LogP contribution in [-0.2, 0) is 5.41 Å². The van der Waals surface area contributed by atoms with Crippen molar-refractivity contribution in [3.05, 3.63) is 28.8 Å². The maximum absolute atomic E-state index is 6.15. The molecule has 2 heteroatoms. The van der Waals surface area contributed by atoms with Crippen LogP contribution in [0.15, 0.2) is 12.1 Å². The molecule has 0 heterocycles. The highest BCUT2D eigenvalue weighted by Crippen LogP contribution is 2.42. The molecule has 2 N–H and O–H groups in total. The van der Waals surface area contributed by atoms with Crippen LogP contribution < -0.4 is 10.5 Å². The average Bonchev–Trinajstić information content (AvgIpc) is 2.38. The van der Waals surface area contributed by atoms with Crippen molar-refractivity contribution in [2.24, 2.45) is 5.73 Å². The third-order valence-corrected chi connectivity index (χ3v) is 4.47. The van der Waals surface area contributed by atoms with Crippen molar-refractivity contribution in [2.45, 2.75) is 51.4 Å². The molecule has 1 saturated carbocycles. The molecule has 100 valence electrons. The minimum absolute atomic E-state index is 0.207. The van der Waals surface area contributed by atoms with E-state index >= 15 is 0 Å². The van der Waals surface area contributed by atoms with Crippen LogP contribution in [0.2, 0.25) is 0 Å². The molecule has 0 radical (unpaired) electrons. The molecular formula is C16H25NO. The predicted molar refractivity (Wildman–Crippen MR) is 76.3 cm³/mol. The van der Waals surface area contributed by atoms with Crippen molar-refractivity contribution in [3.8, 4) is 5.75 Å². The molecule has 0 amide bonds. The van der Waals surface area contributed by atoms with E-state index < -0.39 is 0 Å². The third-order valence-electron chi connectivity index (χ3n) is 4.47. The average molecular weight is 247 g/mol. The molecule has 0 bridgehead atoms. The molecule has 0 unspecified atom stereocenters. The number of ether oxygens (including phenoxy) is 1. The number of methoxy groups -OCH3 is 1. The predicted octanol–water partition coefficient (Wildman–Crippen LogP) is 3.47. The van der Waals surface area contributed by atoms with Crippen molar-refractivity contribution < 1.29 is 4.74 Å². The van der Waals surface area contributed by atoms with Crippen molar-refractivity contribution in [3.63, 3.8) is 0 Å². The first-order valence-electron chi connectivity index (χ1n) is 6.99. The van der Waals surface area contributed by atoms with Crippen LogP contribution in [-0.4, -0.2) is 13.7 Å². The second-order valence-corrected chi connectivity index (χ2v) is 5.68. The van der Waals surface area contributed by atoms with Crippen molar-refractivity contribution in [1.29, 1.82) is 0 Å². The fourth-order valence-electron chi connectivity index (χ4n) is 3.66. The highest BCUT2D eigenvalue weighted by molar-refractivity contribution is 5.46. The van der Waals surface area contributed by atoms with Crippen LogP contribution in [0.25, 0.3) is 0 Å². The lowest BCUT2D eigenvalue weighted by atomic mass is 9.67. The molecule has 0 spiro atoms. The number of nitrogens with two attached hydrogens (primary N) is 1. The Morgan fingerprint density at radius 1 is 1.11 bits per heavy atom. The van der Waals surface area contributed by atoms with E-state index in [-0.39, 0.29) is 5.41 Å². The van der Waals surface area contributed by atoms with Crippen LogP contribution in [0.3, 0.4) is 0 Å². The molecular weight excluding hydrogens is 222 g/mol. The Bertz CT molecular complexity index is 396. The van der Waals surface area contributed by atoms with E-state index in [1.165, 1.54) is 48.8 Å². The highest BCUT2D eigenvalue weighted by Gasteiger charge is 2.34. The van der Waals surface area contributed by atoms with Crippen LogP contribution in [0.5, 0.6) is 5.75 Å². The molecule has 1 fully saturated rings. The number of hydrogen-bond acceptors (Lipinski definition) is 2. The van der Waals surface area contributed by atoms with E-state index in [1.54, 1.807) is 7.11 Å². The maximum atomic E-state index is 6.15. The van der Waals surface area contributed by atoms with Gasteiger partial charge in [-0.05, 0) is 55.5 Å². The Hall–Kier alpha value is -1.02. The van der Waals surface area contributed by atoms with Crippen LogP contribution in [0.4, 0.5) is 0 Å². The first-order chi connectivity index (χ1) is 8.63. The van der Waals surface area contributed by atoms with Crippen LogP contribution in [0, 0.1) is 13.8 Å². The SMILES string of the molecule is COc1cc(C)c(C2(CN)CCCCC2)c(C)c1. The van der Waals surface area contributed by atoms with Gasteiger partial charge in [-0.2, -0.15) is 0 Å². The molecule has 1 aliphatic rings. The summed E-state index contributed by atoms with van der Waals surface area (Å²) < 4.78 is 5.35. The summed E-state index contributed by atoms with van der Waals surface area (Å²) in [5, 5.41) is 0. The molecule has 0 atom stereocenters. The zero-order valence-corrected chi connectivity index (χ0v) is 11.9. The minimum atomic E-state index is 0.207. The normalized spacial score (nSPS) is 18.7. The molecule has 0 aromatic heterocycles. The van der Waals surface area contributed by atoms with Crippen molar-refractivity contribution in [1.82, 2.24) is 0 Å². The monoisotopic (exact) mass is 247 g/mol.